The molecule has 0 bridgehead atoms. The van der Waals surface area contributed by atoms with Crippen molar-refractivity contribution in [3.8, 4) is 0 Å². The molecule has 0 saturated heterocycles. The third-order valence-corrected chi connectivity index (χ3v) is 5.83. The minimum atomic E-state index is -3.56. The van der Waals surface area contributed by atoms with Crippen LogP contribution in [0.3, 0.4) is 0 Å². The van der Waals surface area contributed by atoms with Crippen LogP contribution in [0.25, 0.3) is 0 Å². The maximum absolute atomic E-state index is 12.7. The lowest BCUT2D eigenvalue weighted by molar-refractivity contribution is 0.592. The molecular weight excluding hydrogens is 408 g/mol. The van der Waals surface area contributed by atoms with Gasteiger partial charge in [0.2, 0.25) is 0 Å². The van der Waals surface area contributed by atoms with Crippen molar-refractivity contribution in [2.45, 2.75) is 11.3 Å². The van der Waals surface area contributed by atoms with E-state index in [0.717, 1.165) is 14.5 Å². The van der Waals surface area contributed by atoms with Crippen molar-refractivity contribution in [2.24, 2.45) is 0 Å². The van der Waals surface area contributed by atoms with Crippen molar-refractivity contribution in [3.63, 3.8) is 0 Å². The molecule has 0 aliphatic carbocycles. The number of rotatable bonds is 2. The Labute approximate surface area is 134 Å². The van der Waals surface area contributed by atoms with Gasteiger partial charge in [0.1, 0.15) is 5.82 Å². The van der Waals surface area contributed by atoms with Crippen LogP contribution in [0.5, 0.6) is 0 Å². The first-order chi connectivity index (χ1) is 9.48. The van der Waals surface area contributed by atoms with E-state index in [9.17, 15) is 8.42 Å². The Hall–Kier alpha value is -0.920. The van der Waals surface area contributed by atoms with Crippen molar-refractivity contribution < 1.29 is 8.42 Å². The molecular formula is C13H10Br2N2O2S. The van der Waals surface area contributed by atoms with E-state index >= 15 is 0 Å². The average Bonchev–Trinajstić information content (AvgIpc) is 2.82. The van der Waals surface area contributed by atoms with Crippen LogP contribution in [0.1, 0.15) is 5.56 Å². The summed E-state index contributed by atoms with van der Waals surface area (Å²) >= 11 is 6.65. The molecule has 1 aromatic heterocycles. The monoisotopic (exact) mass is 416 g/mol. The predicted octanol–water partition coefficient (Wildman–Crippen LogP) is 3.36. The highest BCUT2D eigenvalue weighted by atomic mass is 79.9. The van der Waals surface area contributed by atoms with Crippen molar-refractivity contribution in [1.82, 2.24) is 4.98 Å². The summed E-state index contributed by atoms with van der Waals surface area (Å²) in [6.07, 6.45) is 2.29. The van der Waals surface area contributed by atoms with Gasteiger partial charge in [-0.25, -0.2) is 17.7 Å². The predicted molar refractivity (Wildman–Crippen MR) is 84.3 cm³/mol. The summed E-state index contributed by atoms with van der Waals surface area (Å²) in [6.45, 7) is 0.424. The molecule has 2 aromatic rings. The van der Waals surface area contributed by atoms with Crippen molar-refractivity contribution in [3.05, 3.63) is 51.0 Å². The molecule has 0 spiro atoms. The minimum absolute atomic E-state index is 0.268. The van der Waals surface area contributed by atoms with Gasteiger partial charge in [-0.05, 0) is 52.2 Å². The molecule has 7 heteroatoms. The topological polar surface area (TPSA) is 50.3 Å². The van der Waals surface area contributed by atoms with E-state index in [0.29, 0.717) is 18.8 Å². The number of hydrogen-bond acceptors (Lipinski definition) is 3. The zero-order chi connectivity index (χ0) is 14.3. The fourth-order valence-corrected chi connectivity index (χ4v) is 4.63. The molecule has 0 unspecified atom stereocenters. The Bertz CT molecular complexity index is 778. The van der Waals surface area contributed by atoms with Crippen LogP contribution in [-0.2, 0) is 16.4 Å². The Morgan fingerprint density at radius 2 is 1.95 bits per heavy atom. The van der Waals surface area contributed by atoms with Crippen LogP contribution in [0.2, 0.25) is 0 Å². The van der Waals surface area contributed by atoms with Gasteiger partial charge in [-0.3, -0.25) is 0 Å². The van der Waals surface area contributed by atoms with Gasteiger partial charge in [-0.1, -0.05) is 22.0 Å². The van der Waals surface area contributed by atoms with Crippen LogP contribution in [-0.4, -0.2) is 19.9 Å². The molecule has 4 nitrogen and oxygen atoms in total. The lowest BCUT2D eigenvalue weighted by Gasteiger charge is -2.18. The second-order valence-corrected chi connectivity index (χ2v) is 8.11. The number of anilines is 1. The molecule has 20 heavy (non-hydrogen) atoms. The van der Waals surface area contributed by atoms with Crippen molar-refractivity contribution >= 4 is 47.7 Å². The molecule has 0 amide bonds. The first-order valence-corrected chi connectivity index (χ1v) is 8.94. The van der Waals surface area contributed by atoms with E-state index in [1.165, 1.54) is 4.31 Å². The van der Waals surface area contributed by atoms with Gasteiger partial charge in [0, 0.05) is 21.7 Å². The Kier molecular flexibility index (Phi) is 3.60. The third kappa shape index (κ3) is 2.38. The van der Waals surface area contributed by atoms with Crippen LogP contribution in [0.15, 0.2) is 50.4 Å². The standard InChI is InChI=1S/C13H10Br2N2O2S/c14-10-2-1-3-12(7-10)20(18,19)17-5-4-9-6-11(15)8-16-13(9)17/h1-3,6-8H,4-5H2. The zero-order valence-corrected chi connectivity index (χ0v) is 14.2. The molecule has 1 aliphatic heterocycles. The van der Waals surface area contributed by atoms with Gasteiger partial charge >= 0.3 is 0 Å². The number of pyridine rings is 1. The highest BCUT2D eigenvalue weighted by Crippen LogP contribution is 2.32. The maximum atomic E-state index is 12.7. The second kappa shape index (κ2) is 5.13. The van der Waals surface area contributed by atoms with Crippen molar-refractivity contribution in [2.75, 3.05) is 10.8 Å². The van der Waals surface area contributed by atoms with Gasteiger partial charge in [-0.2, -0.15) is 0 Å². The molecule has 3 rings (SSSR count). The SMILES string of the molecule is O=S(=O)(c1cccc(Br)c1)N1CCc2cc(Br)cnc21. The molecule has 0 atom stereocenters. The van der Waals surface area contributed by atoms with Gasteiger partial charge in [0.05, 0.1) is 4.90 Å². The maximum Gasteiger partial charge on any atom is 0.265 e. The first-order valence-electron chi connectivity index (χ1n) is 5.91. The lowest BCUT2D eigenvalue weighted by atomic mass is 10.2. The number of nitrogens with zero attached hydrogens (tertiary/aromatic N) is 2. The number of fused-ring (bicyclic) bond motifs is 1. The van der Waals surface area contributed by atoms with Gasteiger partial charge < -0.3 is 0 Å². The molecule has 104 valence electrons. The first kappa shape index (κ1) is 14.0. The van der Waals surface area contributed by atoms with Gasteiger partial charge in [0.25, 0.3) is 10.0 Å². The highest BCUT2D eigenvalue weighted by molar-refractivity contribution is 9.10. The molecule has 1 aliphatic rings. The third-order valence-electron chi connectivity index (χ3n) is 3.11. The summed E-state index contributed by atoms with van der Waals surface area (Å²) in [7, 11) is -3.56. The number of benzene rings is 1. The zero-order valence-electron chi connectivity index (χ0n) is 10.3. The van der Waals surface area contributed by atoms with E-state index in [1.54, 1.807) is 30.5 Å². The highest BCUT2D eigenvalue weighted by Gasteiger charge is 2.32. The molecule has 0 radical (unpaired) electrons. The van der Waals surface area contributed by atoms with E-state index in [-0.39, 0.29) is 4.90 Å². The van der Waals surface area contributed by atoms with E-state index < -0.39 is 10.0 Å². The fraction of sp³-hybridized carbons (Fsp3) is 0.154. The summed E-state index contributed by atoms with van der Waals surface area (Å²) < 4.78 is 28.3. The Morgan fingerprint density at radius 3 is 2.70 bits per heavy atom. The van der Waals surface area contributed by atoms with Crippen LogP contribution < -0.4 is 4.31 Å². The van der Waals surface area contributed by atoms with Crippen LogP contribution in [0.4, 0.5) is 5.82 Å². The van der Waals surface area contributed by atoms with Gasteiger partial charge in [0.15, 0.2) is 0 Å². The van der Waals surface area contributed by atoms with Crippen LogP contribution >= 0.6 is 31.9 Å². The molecule has 0 saturated carbocycles. The summed E-state index contributed by atoms with van der Waals surface area (Å²) in [5.41, 5.74) is 0.943. The largest absolute Gasteiger partial charge is 0.265 e. The number of hydrogen-bond donors (Lipinski definition) is 0. The number of aromatic nitrogens is 1. The summed E-state index contributed by atoms with van der Waals surface area (Å²) in [4.78, 5) is 4.51. The molecule has 1 aromatic carbocycles. The summed E-state index contributed by atoms with van der Waals surface area (Å²) in [5, 5.41) is 0. The van der Waals surface area contributed by atoms with E-state index in [1.807, 2.05) is 6.07 Å². The number of halogens is 2. The van der Waals surface area contributed by atoms with Crippen LogP contribution in [0, 0.1) is 0 Å². The van der Waals surface area contributed by atoms with Gasteiger partial charge in [-0.15, -0.1) is 0 Å². The normalized spacial score (nSPS) is 14.4. The Balaban J connectivity index is 2.07. The lowest BCUT2D eigenvalue weighted by Crippen LogP contribution is -2.29. The summed E-state index contributed by atoms with van der Waals surface area (Å²) in [6, 6.07) is 8.62. The molecule has 0 N–H and O–H groups in total. The summed E-state index contributed by atoms with van der Waals surface area (Å²) in [5.74, 6) is 0.521. The van der Waals surface area contributed by atoms with E-state index in [4.69, 9.17) is 0 Å². The minimum Gasteiger partial charge on any atom is -0.249 e. The molecule has 0 fully saturated rings. The average molecular weight is 418 g/mol. The molecule has 2 heterocycles. The fourth-order valence-electron chi connectivity index (χ4n) is 2.20. The second-order valence-electron chi connectivity index (χ2n) is 4.42. The van der Waals surface area contributed by atoms with Crippen molar-refractivity contribution in [1.29, 1.82) is 0 Å². The quantitative estimate of drug-likeness (QED) is 0.752. The van der Waals surface area contributed by atoms with E-state index in [2.05, 4.69) is 36.8 Å². The smallest absolute Gasteiger partial charge is 0.249 e. The number of sulfonamides is 1. The Morgan fingerprint density at radius 1 is 1.15 bits per heavy atom.